The molecule has 0 radical (unpaired) electrons. The van der Waals surface area contributed by atoms with Crippen LogP contribution in [-0.4, -0.2) is 32.8 Å². The van der Waals surface area contributed by atoms with Gasteiger partial charge in [0.25, 0.3) is 0 Å². The zero-order valence-electron chi connectivity index (χ0n) is 14.3. The highest BCUT2D eigenvalue weighted by molar-refractivity contribution is 6.01. The van der Waals surface area contributed by atoms with Crippen LogP contribution >= 0.6 is 0 Å². The van der Waals surface area contributed by atoms with E-state index in [1.165, 1.54) is 14.2 Å². The van der Waals surface area contributed by atoms with Gasteiger partial charge >= 0.3 is 11.9 Å². The van der Waals surface area contributed by atoms with E-state index in [0.717, 1.165) is 0 Å². The van der Waals surface area contributed by atoms with Gasteiger partial charge in [-0.3, -0.25) is 9.59 Å². The predicted octanol–water partition coefficient (Wildman–Crippen LogP) is 2.98. The number of hydrogen-bond acceptors (Lipinski definition) is 6. The summed E-state index contributed by atoms with van der Waals surface area (Å²) in [5.41, 5.74) is -1.35. The van der Waals surface area contributed by atoms with Gasteiger partial charge in [-0.1, -0.05) is 19.9 Å². The van der Waals surface area contributed by atoms with E-state index in [1.807, 2.05) is 0 Å². The van der Waals surface area contributed by atoms with Gasteiger partial charge in [-0.15, -0.1) is 0 Å². The third-order valence-corrected chi connectivity index (χ3v) is 3.84. The molecule has 6 nitrogen and oxygen atoms in total. The maximum Gasteiger partial charge on any atom is 0.329 e. The molecule has 0 unspecified atom stereocenters. The predicted molar refractivity (Wildman–Crippen MR) is 84.8 cm³/mol. The van der Waals surface area contributed by atoms with Crippen LogP contribution in [0.1, 0.15) is 33.6 Å². The standard InChI is InChI=1S/C17H24O6/c1-6-17(7-2,15(18)22-8-3)16(19)23-14-12(20-4)10-9-11-13(14)21-5/h9-11H,6-8H2,1-5H3. The fraction of sp³-hybridized carbons (Fsp3) is 0.529. The van der Waals surface area contributed by atoms with Crippen LogP contribution in [0.3, 0.4) is 0 Å². The number of esters is 2. The zero-order chi connectivity index (χ0) is 17.5. The number of para-hydroxylation sites is 1. The van der Waals surface area contributed by atoms with Gasteiger partial charge in [0.2, 0.25) is 5.75 Å². The van der Waals surface area contributed by atoms with Gasteiger partial charge in [0, 0.05) is 0 Å². The van der Waals surface area contributed by atoms with E-state index in [-0.39, 0.29) is 25.2 Å². The summed E-state index contributed by atoms with van der Waals surface area (Å²) >= 11 is 0. The lowest BCUT2D eigenvalue weighted by Gasteiger charge is -2.27. The van der Waals surface area contributed by atoms with E-state index in [1.54, 1.807) is 39.0 Å². The summed E-state index contributed by atoms with van der Waals surface area (Å²) in [6, 6.07) is 5.01. The van der Waals surface area contributed by atoms with Gasteiger partial charge in [-0.2, -0.15) is 0 Å². The second-order valence-electron chi connectivity index (χ2n) is 4.89. The maximum atomic E-state index is 12.7. The highest BCUT2D eigenvalue weighted by atomic mass is 16.6. The fourth-order valence-corrected chi connectivity index (χ4v) is 2.29. The van der Waals surface area contributed by atoms with Gasteiger partial charge in [-0.05, 0) is 31.9 Å². The zero-order valence-corrected chi connectivity index (χ0v) is 14.3. The maximum absolute atomic E-state index is 12.7. The monoisotopic (exact) mass is 324 g/mol. The lowest BCUT2D eigenvalue weighted by Crippen LogP contribution is -2.42. The number of benzene rings is 1. The Bertz CT molecular complexity index is 526. The van der Waals surface area contributed by atoms with Crippen LogP contribution in [0.5, 0.6) is 17.2 Å². The summed E-state index contributed by atoms with van der Waals surface area (Å²) in [4.78, 5) is 25.0. The summed E-state index contributed by atoms with van der Waals surface area (Å²) in [6.45, 7) is 5.40. The molecule has 0 aromatic heterocycles. The molecule has 0 fully saturated rings. The number of ether oxygens (including phenoxy) is 4. The van der Waals surface area contributed by atoms with Crippen molar-refractivity contribution in [1.82, 2.24) is 0 Å². The molecular formula is C17H24O6. The molecule has 0 bridgehead atoms. The first-order valence-corrected chi connectivity index (χ1v) is 7.61. The van der Waals surface area contributed by atoms with E-state index < -0.39 is 17.4 Å². The molecule has 128 valence electrons. The molecular weight excluding hydrogens is 300 g/mol. The van der Waals surface area contributed by atoms with Crippen molar-refractivity contribution < 1.29 is 28.5 Å². The van der Waals surface area contributed by atoms with Crippen molar-refractivity contribution in [1.29, 1.82) is 0 Å². The molecule has 0 atom stereocenters. The van der Waals surface area contributed by atoms with Crippen molar-refractivity contribution in [3.8, 4) is 17.2 Å². The summed E-state index contributed by atoms with van der Waals surface area (Å²) < 4.78 is 20.9. The average Bonchev–Trinajstić information content (AvgIpc) is 2.57. The van der Waals surface area contributed by atoms with Gasteiger partial charge in [0.1, 0.15) is 0 Å². The number of carbonyl (C=O) groups is 2. The SMILES string of the molecule is CCOC(=O)C(CC)(CC)C(=O)Oc1c(OC)cccc1OC. The number of rotatable bonds is 8. The minimum absolute atomic E-state index is 0.151. The Hall–Kier alpha value is -2.24. The largest absolute Gasteiger partial charge is 0.493 e. The molecule has 6 heteroatoms. The molecule has 0 heterocycles. The van der Waals surface area contributed by atoms with Crippen LogP contribution in [0, 0.1) is 5.41 Å². The summed E-state index contributed by atoms with van der Waals surface area (Å²) in [5.74, 6) is -0.406. The molecule has 0 amide bonds. The highest BCUT2D eigenvalue weighted by Crippen LogP contribution is 2.39. The quantitative estimate of drug-likeness (QED) is 0.416. The molecule has 0 aliphatic heterocycles. The van der Waals surface area contributed by atoms with E-state index in [4.69, 9.17) is 18.9 Å². The molecule has 0 saturated heterocycles. The van der Waals surface area contributed by atoms with Crippen LogP contribution in [0.15, 0.2) is 18.2 Å². The lowest BCUT2D eigenvalue weighted by atomic mass is 9.82. The van der Waals surface area contributed by atoms with Crippen molar-refractivity contribution in [2.45, 2.75) is 33.6 Å². The summed E-state index contributed by atoms with van der Waals surface area (Å²) in [6.07, 6.45) is 0.553. The van der Waals surface area contributed by atoms with Crippen molar-refractivity contribution in [3.05, 3.63) is 18.2 Å². The summed E-state index contributed by atoms with van der Waals surface area (Å²) in [5, 5.41) is 0. The van der Waals surface area contributed by atoms with Gasteiger partial charge in [0.05, 0.1) is 20.8 Å². The third kappa shape index (κ3) is 3.75. The topological polar surface area (TPSA) is 71.1 Å². The molecule has 0 aliphatic carbocycles. The molecule has 0 spiro atoms. The molecule has 0 saturated carbocycles. The molecule has 1 aromatic rings. The van der Waals surface area contributed by atoms with E-state index in [0.29, 0.717) is 11.5 Å². The lowest BCUT2D eigenvalue weighted by molar-refractivity contribution is -0.167. The number of methoxy groups -OCH3 is 2. The minimum Gasteiger partial charge on any atom is -0.493 e. The highest BCUT2D eigenvalue weighted by Gasteiger charge is 2.46. The molecule has 0 aliphatic rings. The Balaban J connectivity index is 3.21. The van der Waals surface area contributed by atoms with Crippen LogP contribution in [0.25, 0.3) is 0 Å². The van der Waals surface area contributed by atoms with Gasteiger partial charge in [-0.25, -0.2) is 0 Å². The Morgan fingerprint density at radius 3 is 1.87 bits per heavy atom. The first-order chi connectivity index (χ1) is 11.0. The van der Waals surface area contributed by atoms with Crippen LogP contribution < -0.4 is 14.2 Å². The molecule has 1 rings (SSSR count). The van der Waals surface area contributed by atoms with E-state index in [2.05, 4.69) is 0 Å². The smallest absolute Gasteiger partial charge is 0.329 e. The van der Waals surface area contributed by atoms with Crippen molar-refractivity contribution >= 4 is 11.9 Å². The Kier molecular flexibility index (Phi) is 6.88. The van der Waals surface area contributed by atoms with Gasteiger partial charge < -0.3 is 18.9 Å². The summed E-state index contributed by atoms with van der Waals surface area (Å²) in [7, 11) is 2.93. The second-order valence-corrected chi connectivity index (χ2v) is 4.89. The Labute approximate surface area is 136 Å². The Morgan fingerprint density at radius 2 is 1.48 bits per heavy atom. The second kappa shape index (κ2) is 8.41. The number of hydrogen-bond donors (Lipinski definition) is 0. The normalized spacial score (nSPS) is 10.8. The van der Waals surface area contributed by atoms with Crippen molar-refractivity contribution in [2.75, 3.05) is 20.8 Å². The molecule has 1 aromatic carbocycles. The fourth-order valence-electron chi connectivity index (χ4n) is 2.29. The van der Waals surface area contributed by atoms with Gasteiger partial charge in [0.15, 0.2) is 16.9 Å². The first kappa shape index (κ1) is 18.8. The van der Waals surface area contributed by atoms with Crippen LogP contribution in [-0.2, 0) is 14.3 Å². The third-order valence-electron chi connectivity index (χ3n) is 3.84. The Morgan fingerprint density at radius 1 is 0.957 bits per heavy atom. The minimum atomic E-state index is -1.35. The molecule has 0 N–H and O–H groups in total. The van der Waals surface area contributed by atoms with Crippen molar-refractivity contribution in [2.24, 2.45) is 5.41 Å². The van der Waals surface area contributed by atoms with Crippen LogP contribution in [0.2, 0.25) is 0 Å². The molecule has 23 heavy (non-hydrogen) atoms. The first-order valence-electron chi connectivity index (χ1n) is 7.61. The van der Waals surface area contributed by atoms with Crippen molar-refractivity contribution in [3.63, 3.8) is 0 Å². The van der Waals surface area contributed by atoms with Crippen LogP contribution in [0.4, 0.5) is 0 Å². The number of carbonyl (C=O) groups excluding carboxylic acids is 2. The van der Waals surface area contributed by atoms with E-state index >= 15 is 0 Å². The average molecular weight is 324 g/mol. The van der Waals surface area contributed by atoms with E-state index in [9.17, 15) is 9.59 Å².